The predicted molar refractivity (Wildman–Crippen MR) is 60.8 cm³/mol. The molecule has 0 radical (unpaired) electrons. The molecule has 0 fully saturated rings. The van der Waals surface area contributed by atoms with Crippen molar-refractivity contribution in [2.45, 2.75) is 6.42 Å². The number of nitriles is 1. The summed E-state index contributed by atoms with van der Waals surface area (Å²) < 4.78 is 1.05. The molecule has 0 amide bonds. The minimum absolute atomic E-state index is 0.900. The van der Waals surface area contributed by atoms with Crippen molar-refractivity contribution >= 4 is 27.2 Å². The molecule has 1 aromatic rings. The summed E-state index contributed by atoms with van der Waals surface area (Å²) in [5.74, 6) is 0. The molecule has 0 bridgehead atoms. The number of hydrogen-bond donors (Lipinski definition) is 1. The second-order valence-corrected chi connectivity index (χ2v) is 3.99. The van der Waals surface area contributed by atoms with E-state index in [0.29, 0.717) is 0 Å². The van der Waals surface area contributed by atoms with Crippen LogP contribution in [0.25, 0.3) is 5.57 Å². The first-order chi connectivity index (χ1) is 6.83. The van der Waals surface area contributed by atoms with Gasteiger partial charge in [-0.3, -0.25) is 0 Å². The van der Waals surface area contributed by atoms with Crippen LogP contribution in [0, 0.1) is 11.3 Å². The third-order valence-electron chi connectivity index (χ3n) is 2.28. The van der Waals surface area contributed by atoms with Gasteiger partial charge in [0, 0.05) is 28.3 Å². The molecule has 1 aliphatic heterocycles. The van der Waals surface area contributed by atoms with Crippen LogP contribution in [-0.2, 0) is 0 Å². The third kappa shape index (κ3) is 1.53. The van der Waals surface area contributed by atoms with Crippen LogP contribution in [0.5, 0.6) is 0 Å². The molecule has 0 unspecified atom stereocenters. The summed E-state index contributed by atoms with van der Waals surface area (Å²) in [7, 11) is 0. The van der Waals surface area contributed by atoms with Gasteiger partial charge in [-0.25, -0.2) is 0 Å². The van der Waals surface area contributed by atoms with E-state index in [4.69, 9.17) is 5.26 Å². The van der Waals surface area contributed by atoms with Gasteiger partial charge in [-0.05, 0) is 24.1 Å². The summed E-state index contributed by atoms with van der Waals surface area (Å²) in [4.78, 5) is 0. The highest BCUT2D eigenvalue weighted by Gasteiger charge is 2.15. The summed E-state index contributed by atoms with van der Waals surface area (Å²) in [6.07, 6.45) is 2.54. The fraction of sp³-hybridized carbons (Fsp3) is 0.182. The molecule has 70 valence electrons. The molecular formula is C11H9BrN2. The van der Waals surface area contributed by atoms with E-state index < -0.39 is 0 Å². The molecule has 14 heavy (non-hydrogen) atoms. The SMILES string of the molecule is N#C/C=C1/CCNc2cccc(Br)c21. The van der Waals surface area contributed by atoms with E-state index in [-0.39, 0.29) is 0 Å². The first-order valence-corrected chi connectivity index (χ1v) is 5.23. The Morgan fingerprint density at radius 1 is 1.50 bits per heavy atom. The molecule has 0 saturated carbocycles. The van der Waals surface area contributed by atoms with E-state index in [1.54, 1.807) is 6.08 Å². The molecule has 1 heterocycles. The van der Waals surface area contributed by atoms with Crippen LogP contribution in [0.15, 0.2) is 28.7 Å². The highest BCUT2D eigenvalue weighted by atomic mass is 79.9. The monoisotopic (exact) mass is 248 g/mol. The average Bonchev–Trinajstić information content (AvgIpc) is 2.19. The Bertz CT molecular complexity index is 429. The third-order valence-corrected chi connectivity index (χ3v) is 2.94. The van der Waals surface area contributed by atoms with E-state index in [2.05, 4.69) is 27.3 Å². The lowest BCUT2D eigenvalue weighted by atomic mass is 9.97. The van der Waals surface area contributed by atoms with Gasteiger partial charge in [-0.2, -0.15) is 5.26 Å². The van der Waals surface area contributed by atoms with Gasteiger partial charge < -0.3 is 5.32 Å². The zero-order valence-electron chi connectivity index (χ0n) is 7.55. The van der Waals surface area contributed by atoms with Crippen LogP contribution >= 0.6 is 15.9 Å². The van der Waals surface area contributed by atoms with Crippen LogP contribution in [0.1, 0.15) is 12.0 Å². The smallest absolute Gasteiger partial charge is 0.0915 e. The van der Waals surface area contributed by atoms with Crippen molar-refractivity contribution in [3.8, 4) is 6.07 Å². The highest BCUT2D eigenvalue weighted by Crippen LogP contribution is 2.35. The van der Waals surface area contributed by atoms with Gasteiger partial charge in [0.15, 0.2) is 0 Å². The lowest BCUT2D eigenvalue weighted by Gasteiger charge is -2.21. The average molecular weight is 249 g/mol. The van der Waals surface area contributed by atoms with Gasteiger partial charge >= 0.3 is 0 Å². The fourth-order valence-electron chi connectivity index (χ4n) is 1.68. The maximum atomic E-state index is 8.67. The first-order valence-electron chi connectivity index (χ1n) is 4.44. The Hall–Kier alpha value is -1.27. The lowest BCUT2D eigenvalue weighted by Crippen LogP contribution is -2.11. The van der Waals surface area contributed by atoms with Crippen LogP contribution in [-0.4, -0.2) is 6.54 Å². The number of benzene rings is 1. The maximum Gasteiger partial charge on any atom is 0.0915 e. The largest absolute Gasteiger partial charge is 0.384 e. The number of nitrogens with zero attached hydrogens (tertiary/aromatic N) is 1. The van der Waals surface area contributed by atoms with Crippen LogP contribution < -0.4 is 5.32 Å². The number of rotatable bonds is 0. The van der Waals surface area contributed by atoms with Crippen LogP contribution in [0.3, 0.4) is 0 Å². The summed E-state index contributed by atoms with van der Waals surface area (Å²) in [5, 5.41) is 12.0. The standard InChI is InChI=1S/C11H9BrN2/c12-9-2-1-3-10-11(9)8(4-6-13)5-7-14-10/h1-4,14H,5,7H2/b8-4-. The predicted octanol–water partition coefficient (Wildman–Crippen LogP) is 3.17. The number of anilines is 1. The van der Waals surface area contributed by atoms with Crippen molar-refractivity contribution in [1.29, 1.82) is 5.26 Å². The van der Waals surface area contributed by atoms with Gasteiger partial charge in [-0.1, -0.05) is 22.0 Å². The summed E-state index contributed by atoms with van der Waals surface area (Å²) in [5.41, 5.74) is 3.33. The molecule has 2 rings (SSSR count). The van der Waals surface area contributed by atoms with Gasteiger partial charge in [0.05, 0.1) is 6.07 Å². The van der Waals surface area contributed by atoms with Gasteiger partial charge in [0.2, 0.25) is 0 Å². The van der Waals surface area contributed by atoms with Crippen molar-refractivity contribution in [2.75, 3.05) is 11.9 Å². The molecule has 3 heteroatoms. The van der Waals surface area contributed by atoms with Gasteiger partial charge in [0.1, 0.15) is 0 Å². The van der Waals surface area contributed by atoms with Crippen molar-refractivity contribution in [2.24, 2.45) is 0 Å². The molecule has 1 N–H and O–H groups in total. The van der Waals surface area contributed by atoms with Crippen LogP contribution in [0.4, 0.5) is 5.69 Å². The second kappa shape index (κ2) is 3.85. The van der Waals surface area contributed by atoms with Gasteiger partial charge in [0.25, 0.3) is 0 Å². The van der Waals surface area contributed by atoms with Crippen molar-refractivity contribution in [3.05, 3.63) is 34.3 Å². The number of halogens is 1. The lowest BCUT2D eigenvalue weighted by molar-refractivity contribution is 1.05. The quantitative estimate of drug-likeness (QED) is 0.717. The van der Waals surface area contributed by atoms with E-state index >= 15 is 0 Å². The maximum absolute atomic E-state index is 8.67. The van der Waals surface area contributed by atoms with E-state index in [0.717, 1.165) is 34.3 Å². The molecule has 2 nitrogen and oxygen atoms in total. The number of nitrogens with one attached hydrogen (secondary N) is 1. The Labute approximate surface area is 91.4 Å². The normalized spacial score (nSPS) is 17.0. The van der Waals surface area contributed by atoms with Gasteiger partial charge in [-0.15, -0.1) is 0 Å². The highest BCUT2D eigenvalue weighted by molar-refractivity contribution is 9.10. The molecule has 0 saturated heterocycles. The summed E-state index contributed by atoms with van der Waals surface area (Å²) in [6.45, 7) is 0.900. The van der Waals surface area contributed by atoms with E-state index in [9.17, 15) is 0 Å². The van der Waals surface area contributed by atoms with Crippen molar-refractivity contribution in [3.63, 3.8) is 0 Å². The molecule has 0 aromatic heterocycles. The zero-order valence-corrected chi connectivity index (χ0v) is 9.13. The second-order valence-electron chi connectivity index (χ2n) is 3.14. The minimum Gasteiger partial charge on any atom is -0.384 e. The molecule has 1 aliphatic rings. The Morgan fingerprint density at radius 2 is 2.36 bits per heavy atom. The number of hydrogen-bond acceptors (Lipinski definition) is 2. The molecular weight excluding hydrogens is 240 g/mol. The summed E-state index contributed by atoms with van der Waals surface area (Å²) in [6, 6.07) is 8.12. The molecule has 0 spiro atoms. The van der Waals surface area contributed by atoms with Crippen molar-refractivity contribution < 1.29 is 0 Å². The topological polar surface area (TPSA) is 35.8 Å². The van der Waals surface area contributed by atoms with Crippen molar-refractivity contribution in [1.82, 2.24) is 0 Å². The number of allylic oxidation sites excluding steroid dienone is 1. The molecule has 1 aromatic carbocycles. The number of fused-ring (bicyclic) bond motifs is 1. The first kappa shape index (κ1) is 9.29. The van der Waals surface area contributed by atoms with Crippen LogP contribution in [0.2, 0.25) is 0 Å². The zero-order chi connectivity index (χ0) is 9.97. The molecule has 0 aliphatic carbocycles. The van der Waals surface area contributed by atoms with E-state index in [1.165, 1.54) is 0 Å². The minimum atomic E-state index is 0.900. The Kier molecular flexibility index (Phi) is 2.55. The van der Waals surface area contributed by atoms with E-state index in [1.807, 2.05) is 18.2 Å². The molecule has 0 atom stereocenters. The summed E-state index contributed by atoms with van der Waals surface area (Å²) >= 11 is 3.50. The Balaban J connectivity index is 2.59. The fourth-order valence-corrected chi connectivity index (χ4v) is 2.30. The Morgan fingerprint density at radius 3 is 3.14 bits per heavy atom.